The van der Waals surface area contributed by atoms with Gasteiger partial charge in [0.2, 0.25) is 5.91 Å². The number of carbonyl (C=O) groups is 1. The zero-order chi connectivity index (χ0) is 19.9. The van der Waals surface area contributed by atoms with Crippen molar-refractivity contribution in [3.05, 3.63) is 69.7 Å². The fraction of sp³-hybridized carbons (Fsp3) is 0.364. The summed E-state index contributed by atoms with van der Waals surface area (Å²) in [5.41, 5.74) is 3.58. The molecule has 156 valence electrons. The lowest BCUT2D eigenvalue weighted by Gasteiger charge is -2.23. The van der Waals surface area contributed by atoms with Crippen molar-refractivity contribution in [3.8, 4) is 0 Å². The van der Waals surface area contributed by atoms with Gasteiger partial charge in [-0.05, 0) is 29.2 Å². The summed E-state index contributed by atoms with van der Waals surface area (Å²) in [7, 11) is 3.83. The zero-order valence-corrected chi connectivity index (χ0v) is 20.8. The molecule has 0 bridgehead atoms. The highest BCUT2D eigenvalue weighted by Gasteiger charge is 2.19. The van der Waals surface area contributed by atoms with Gasteiger partial charge in [0.1, 0.15) is 0 Å². The number of aliphatic imine (C=N–C) groups is 1. The quantitative estimate of drug-likeness (QED) is 0.318. The minimum absolute atomic E-state index is 0. The number of amides is 1. The van der Waals surface area contributed by atoms with Gasteiger partial charge in [-0.3, -0.25) is 9.79 Å². The summed E-state index contributed by atoms with van der Waals surface area (Å²) < 4.78 is 1.10. The van der Waals surface area contributed by atoms with Gasteiger partial charge in [0, 0.05) is 51.2 Å². The maximum atomic E-state index is 11.8. The van der Waals surface area contributed by atoms with Gasteiger partial charge in [0.15, 0.2) is 5.96 Å². The van der Waals surface area contributed by atoms with Gasteiger partial charge in [-0.25, -0.2) is 0 Å². The summed E-state index contributed by atoms with van der Waals surface area (Å²) >= 11 is 3.60. The second kappa shape index (κ2) is 11.5. The molecule has 1 heterocycles. The molecule has 1 fully saturated rings. The number of carbonyl (C=O) groups excluding carboxylic acids is 1. The number of halogens is 2. The number of likely N-dealkylation sites (tertiary alicyclic amines) is 1. The molecule has 29 heavy (non-hydrogen) atoms. The van der Waals surface area contributed by atoms with Gasteiger partial charge < -0.3 is 15.1 Å². The molecule has 1 amide bonds. The van der Waals surface area contributed by atoms with Crippen molar-refractivity contribution in [2.75, 3.05) is 20.6 Å². The molecule has 0 aromatic heterocycles. The van der Waals surface area contributed by atoms with Crippen LogP contribution in [-0.4, -0.2) is 42.3 Å². The predicted octanol–water partition coefficient (Wildman–Crippen LogP) is 4.40. The Labute approximate surface area is 198 Å². The number of nitrogens with zero attached hydrogens (tertiary/aromatic N) is 3. The van der Waals surface area contributed by atoms with E-state index in [4.69, 9.17) is 0 Å². The Balaban J connectivity index is 0.00000300. The van der Waals surface area contributed by atoms with E-state index in [9.17, 15) is 4.79 Å². The van der Waals surface area contributed by atoms with Crippen LogP contribution in [-0.2, 0) is 24.4 Å². The summed E-state index contributed by atoms with van der Waals surface area (Å²) in [6.45, 7) is 3.06. The van der Waals surface area contributed by atoms with Crippen LogP contribution in [0.4, 0.5) is 0 Å². The predicted molar refractivity (Wildman–Crippen MR) is 132 cm³/mol. The molecule has 0 saturated carbocycles. The zero-order valence-electron chi connectivity index (χ0n) is 16.9. The highest BCUT2D eigenvalue weighted by atomic mass is 127. The van der Waals surface area contributed by atoms with Crippen molar-refractivity contribution in [2.45, 2.75) is 32.5 Å². The SMILES string of the molecule is CN=C(NCc1ccc(CN2CCCC2=O)cc1)N(C)Cc1ccccc1Br.I. The molecule has 2 aromatic carbocycles. The Morgan fingerprint density at radius 1 is 1.17 bits per heavy atom. The van der Waals surface area contributed by atoms with Gasteiger partial charge in [-0.1, -0.05) is 58.4 Å². The van der Waals surface area contributed by atoms with Crippen LogP contribution in [0.5, 0.6) is 0 Å². The highest BCUT2D eigenvalue weighted by Crippen LogP contribution is 2.17. The van der Waals surface area contributed by atoms with Crippen molar-refractivity contribution in [1.82, 2.24) is 15.1 Å². The molecule has 0 radical (unpaired) electrons. The Morgan fingerprint density at radius 2 is 1.86 bits per heavy atom. The average Bonchev–Trinajstić information content (AvgIpc) is 3.10. The lowest BCUT2D eigenvalue weighted by Crippen LogP contribution is -2.38. The number of hydrogen-bond donors (Lipinski definition) is 1. The van der Waals surface area contributed by atoms with Crippen molar-refractivity contribution in [3.63, 3.8) is 0 Å². The lowest BCUT2D eigenvalue weighted by atomic mass is 10.1. The first kappa shape index (κ1) is 23.7. The molecule has 1 aliphatic heterocycles. The van der Waals surface area contributed by atoms with Crippen molar-refractivity contribution in [1.29, 1.82) is 0 Å². The third kappa shape index (κ3) is 6.70. The van der Waals surface area contributed by atoms with Crippen molar-refractivity contribution < 1.29 is 4.79 Å². The van der Waals surface area contributed by atoms with Crippen LogP contribution in [0.1, 0.15) is 29.5 Å². The molecule has 1 saturated heterocycles. The van der Waals surface area contributed by atoms with Gasteiger partial charge >= 0.3 is 0 Å². The summed E-state index contributed by atoms with van der Waals surface area (Å²) in [5.74, 6) is 1.12. The maximum Gasteiger partial charge on any atom is 0.222 e. The second-order valence-corrected chi connectivity index (χ2v) is 7.94. The molecule has 5 nitrogen and oxygen atoms in total. The number of benzene rings is 2. The van der Waals surface area contributed by atoms with E-state index in [1.165, 1.54) is 16.7 Å². The third-order valence-corrected chi connectivity index (χ3v) is 5.73. The third-order valence-electron chi connectivity index (χ3n) is 4.96. The first-order valence-electron chi connectivity index (χ1n) is 9.57. The normalized spacial score (nSPS) is 14.0. The van der Waals surface area contributed by atoms with Gasteiger partial charge in [0.25, 0.3) is 0 Å². The van der Waals surface area contributed by atoms with E-state index < -0.39 is 0 Å². The molecule has 0 aliphatic carbocycles. The number of guanidine groups is 1. The van der Waals surface area contributed by atoms with E-state index in [0.29, 0.717) is 19.5 Å². The summed E-state index contributed by atoms with van der Waals surface area (Å²) in [6.07, 6.45) is 1.67. The standard InChI is InChI=1S/C22H27BrN4O.HI/c1-24-22(26(2)16-19-6-3-4-7-20(19)23)25-14-17-9-11-18(12-10-17)15-27-13-5-8-21(27)28;/h3-4,6-7,9-12H,5,8,13-16H2,1-2H3,(H,24,25);1H. The Kier molecular flexibility index (Phi) is 9.42. The first-order chi connectivity index (χ1) is 13.6. The fourth-order valence-corrected chi connectivity index (χ4v) is 3.79. The van der Waals surface area contributed by atoms with Crippen LogP contribution in [0.25, 0.3) is 0 Å². The first-order valence-corrected chi connectivity index (χ1v) is 10.4. The number of nitrogens with one attached hydrogen (secondary N) is 1. The Bertz CT molecular complexity index is 841. The van der Waals surface area contributed by atoms with Crippen LogP contribution in [0, 0.1) is 0 Å². The molecule has 2 aromatic rings. The maximum absolute atomic E-state index is 11.8. The van der Waals surface area contributed by atoms with E-state index in [1.54, 1.807) is 7.05 Å². The largest absolute Gasteiger partial charge is 0.352 e. The van der Waals surface area contributed by atoms with Gasteiger partial charge in [0.05, 0.1) is 0 Å². The molecule has 1 N–H and O–H groups in total. The number of hydrogen-bond acceptors (Lipinski definition) is 2. The van der Waals surface area contributed by atoms with Crippen LogP contribution in [0.2, 0.25) is 0 Å². The second-order valence-electron chi connectivity index (χ2n) is 7.08. The van der Waals surface area contributed by atoms with E-state index in [-0.39, 0.29) is 29.9 Å². The van der Waals surface area contributed by atoms with Crippen LogP contribution >= 0.6 is 39.9 Å². The van der Waals surface area contributed by atoms with Crippen LogP contribution < -0.4 is 5.32 Å². The smallest absolute Gasteiger partial charge is 0.222 e. The number of rotatable bonds is 6. The summed E-state index contributed by atoms with van der Waals surface area (Å²) in [5, 5.41) is 3.42. The van der Waals surface area contributed by atoms with E-state index in [0.717, 1.165) is 29.9 Å². The van der Waals surface area contributed by atoms with Crippen LogP contribution in [0.3, 0.4) is 0 Å². The molecular weight excluding hydrogens is 543 g/mol. The minimum atomic E-state index is 0. The van der Waals surface area contributed by atoms with Crippen molar-refractivity contribution in [2.24, 2.45) is 4.99 Å². The monoisotopic (exact) mass is 570 g/mol. The van der Waals surface area contributed by atoms with E-state index in [2.05, 4.69) is 67.5 Å². The average molecular weight is 571 g/mol. The molecule has 0 unspecified atom stereocenters. The van der Waals surface area contributed by atoms with E-state index in [1.807, 2.05) is 24.1 Å². The molecule has 0 spiro atoms. The molecule has 0 atom stereocenters. The van der Waals surface area contributed by atoms with Crippen molar-refractivity contribution >= 4 is 51.8 Å². The van der Waals surface area contributed by atoms with E-state index >= 15 is 0 Å². The summed E-state index contributed by atoms with van der Waals surface area (Å²) in [4.78, 5) is 20.2. The molecular formula is C22H28BrIN4O. The summed E-state index contributed by atoms with van der Waals surface area (Å²) in [6, 6.07) is 16.7. The highest BCUT2D eigenvalue weighted by molar-refractivity contribution is 14.0. The van der Waals surface area contributed by atoms with Gasteiger partial charge in [-0.2, -0.15) is 0 Å². The Morgan fingerprint density at radius 3 is 2.48 bits per heavy atom. The van der Waals surface area contributed by atoms with Crippen LogP contribution in [0.15, 0.2) is 58.0 Å². The van der Waals surface area contributed by atoms with Gasteiger partial charge in [-0.15, -0.1) is 24.0 Å². The lowest BCUT2D eigenvalue weighted by molar-refractivity contribution is -0.128. The fourth-order valence-electron chi connectivity index (χ4n) is 3.38. The molecule has 7 heteroatoms. The topological polar surface area (TPSA) is 47.9 Å². The minimum Gasteiger partial charge on any atom is -0.352 e. The molecule has 1 aliphatic rings. The Hall–Kier alpha value is -1.61. The molecule has 3 rings (SSSR count).